The first kappa shape index (κ1) is 19.4. The van der Waals surface area contributed by atoms with E-state index in [4.69, 9.17) is 4.74 Å². The second-order valence-corrected chi connectivity index (χ2v) is 9.05. The third-order valence-electron chi connectivity index (χ3n) is 3.74. The number of nitrogens with one attached hydrogen (secondary N) is 1. The molecule has 1 amide bonds. The number of carbonyl (C=O) groups excluding carboxylic acids is 1. The van der Waals surface area contributed by atoms with E-state index in [1.54, 1.807) is 0 Å². The van der Waals surface area contributed by atoms with Crippen LogP contribution in [0.25, 0.3) is 0 Å². The van der Waals surface area contributed by atoms with Crippen LogP contribution >= 0.6 is 15.9 Å². The van der Waals surface area contributed by atoms with Crippen LogP contribution in [0, 0.1) is 0 Å². The monoisotopic (exact) mass is 418 g/mol. The van der Waals surface area contributed by atoms with Gasteiger partial charge < -0.3 is 10.1 Å². The van der Waals surface area contributed by atoms with Crippen LogP contribution in [-0.2, 0) is 26.0 Å². The van der Waals surface area contributed by atoms with Crippen molar-refractivity contribution in [1.29, 1.82) is 0 Å². The first-order valence-electron chi connectivity index (χ1n) is 7.90. The SMILES string of the molecule is CC1CN(S(=O)(=O)CCNC(=O)Cc2ccc(Br)cc2)CC(C)O1. The minimum Gasteiger partial charge on any atom is -0.373 e. The van der Waals surface area contributed by atoms with Crippen LogP contribution in [-0.4, -0.2) is 56.2 Å². The number of benzene rings is 1. The van der Waals surface area contributed by atoms with E-state index in [0.29, 0.717) is 13.1 Å². The lowest BCUT2D eigenvalue weighted by Crippen LogP contribution is -2.49. The lowest BCUT2D eigenvalue weighted by atomic mass is 10.1. The standard InChI is InChI=1S/C16H23BrN2O4S/c1-12-10-19(11-13(2)23-12)24(21,22)8-7-18-16(20)9-14-3-5-15(17)6-4-14/h3-6,12-13H,7-11H2,1-2H3,(H,18,20). The molecule has 0 aromatic heterocycles. The third-order valence-corrected chi connectivity index (χ3v) is 6.07. The van der Waals surface area contributed by atoms with Crippen molar-refractivity contribution < 1.29 is 17.9 Å². The Bertz CT molecular complexity index is 653. The van der Waals surface area contributed by atoms with Gasteiger partial charge in [-0.3, -0.25) is 4.79 Å². The highest BCUT2D eigenvalue weighted by Crippen LogP contribution is 2.14. The summed E-state index contributed by atoms with van der Waals surface area (Å²) in [7, 11) is -3.39. The Hall–Kier alpha value is -0.960. The largest absolute Gasteiger partial charge is 0.373 e. The molecule has 0 spiro atoms. The molecule has 1 heterocycles. The van der Waals surface area contributed by atoms with E-state index < -0.39 is 10.0 Å². The summed E-state index contributed by atoms with van der Waals surface area (Å²) in [5.41, 5.74) is 0.884. The fourth-order valence-electron chi connectivity index (χ4n) is 2.66. The topological polar surface area (TPSA) is 75.7 Å². The first-order valence-corrected chi connectivity index (χ1v) is 10.3. The second-order valence-electron chi connectivity index (χ2n) is 6.04. The molecule has 0 saturated carbocycles. The summed E-state index contributed by atoms with van der Waals surface area (Å²) < 4.78 is 32.7. The van der Waals surface area contributed by atoms with Crippen LogP contribution in [0.15, 0.2) is 28.7 Å². The van der Waals surface area contributed by atoms with Crippen LogP contribution in [0.1, 0.15) is 19.4 Å². The molecule has 0 bridgehead atoms. The number of amides is 1. The maximum atomic E-state index is 12.4. The van der Waals surface area contributed by atoms with Gasteiger partial charge in [0.25, 0.3) is 0 Å². The number of hydrogen-bond acceptors (Lipinski definition) is 4. The van der Waals surface area contributed by atoms with E-state index in [-0.39, 0.29) is 36.8 Å². The van der Waals surface area contributed by atoms with E-state index in [1.165, 1.54) is 4.31 Å². The molecule has 1 fully saturated rings. The molecule has 1 aliphatic rings. The van der Waals surface area contributed by atoms with Gasteiger partial charge in [-0.15, -0.1) is 0 Å². The lowest BCUT2D eigenvalue weighted by molar-refractivity contribution is -0.120. The Kier molecular flexibility index (Phi) is 6.79. The fraction of sp³-hybridized carbons (Fsp3) is 0.562. The van der Waals surface area contributed by atoms with Crippen molar-refractivity contribution in [3.8, 4) is 0 Å². The van der Waals surface area contributed by atoms with Gasteiger partial charge >= 0.3 is 0 Å². The van der Waals surface area contributed by atoms with Gasteiger partial charge in [0.2, 0.25) is 15.9 Å². The number of halogens is 1. The molecule has 0 aliphatic carbocycles. The number of rotatable bonds is 6. The Morgan fingerprint density at radius 3 is 2.42 bits per heavy atom. The van der Waals surface area contributed by atoms with Gasteiger partial charge in [0.1, 0.15) is 0 Å². The van der Waals surface area contributed by atoms with Gasteiger partial charge in [-0.05, 0) is 31.5 Å². The van der Waals surface area contributed by atoms with Gasteiger partial charge in [0.05, 0.1) is 24.4 Å². The molecule has 1 aliphatic heterocycles. The molecule has 1 aromatic rings. The number of ether oxygens (including phenoxy) is 1. The highest BCUT2D eigenvalue weighted by Gasteiger charge is 2.30. The van der Waals surface area contributed by atoms with Crippen LogP contribution in [0.2, 0.25) is 0 Å². The summed E-state index contributed by atoms with van der Waals surface area (Å²) in [5, 5.41) is 2.68. The average molecular weight is 419 g/mol. The molecule has 2 rings (SSSR count). The second kappa shape index (κ2) is 8.42. The summed E-state index contributed by atoms with van der Waals surface area (Å²) in [6, 6.07) is 7.45. The summed E-state index contributed by atoms with van der Waals surface area (Å²) >= 11 is 3.34. The molecule has 0 radical (unpaired) electrons. The third kappa shape index (κ3) is 5.84. The summed E-state index contributed by atoms with van der Waals surface area (Å²) in [6.07, 6.45) is 0.00455. The predicted molar refractivity (Wildman–Crippen MR) is 96.2 cm³/mol. The molecule has 2 unspecified atom stereocenters. The fourth-order valence-corrected chi connectivity index (χ4v) is 4.41. The Balaban J connectivity index is 1.79. The number of carbonyl (C=O) groups is 1. The van der Waals surface area contributed by atoms with Crippen LogP contribution in [0.4, 0.5) is 0 Å². The smallest absolute Gasteiger partial charge is 0.224 e. The molecule has 6 nitrogen and oxygen atoms in total. The van der Waals surface area contributed by atoms with Crippen molar-refractivity contribution >= 4 is 31.9 Å². The van der Waals surface area contributed by atoms with Crippen molar-refractivity contribution in [3.05, 3.63) is 34.3 Å². The van der Waals surface area contributed by atoms with E-state index in [1.807, 2.05) is 38.1 Å². The maximum absolute atomic E-state index is 12.4. The van der Waals surface area contributed by atoms with Crippen LogP contribution in [0.3, 0.4) is 0 Å². The lowest BCUT2D eigenvalue weighted by Gasteiger charge is -2.34. The quantitative estimate of drug-likeness (QED) is 0.759. The van der Waals surface area contributed by atoms with Gasteiger partial charge in [0, 0.05) is 24.1 Å². The van der Waals surface area contributed by atoms with E-state index >= 15 is 0 Å². The Labute approximate surface area is 151 Å². The highest BCUT2D eigenvalue weighted by molar-refractivity contribution is 9.10. The summed E-state index contributed by atoms with van der Waals surface area (Å²) in [5.74, 6) is -0.283. The van der Waals surface area contributed by atoms with Crippen molar-refractivity contribution in [1.82, 2.24) is 9.62 Å². The summed E-state index contributed by atoms with van der Waals surface area (Å²) in [4.78, 5) is 11.9. The van der Waals surface area contributed by atoms with Crippen LogP contribution in [0.5, 0.6) is 0 Å². The highest BCUT2D eigenvalue weighted by atomic mass is 79.9. The number of nitrogens with zero attached hydrogens (tertiary/aromatic N) is 1. The van der Waals surface area contributed by atoms with Gasteiger partial charge in [0.15, 0.2) is 0 Å². The van der Waals surface area contributed by atoms with Gasteiger partial charge in [-0.1, -0.05) is 28.1 Å². The van der Waals surface area contributed by atoms with E-state index in [9.17, 15) is 13.2 Å². The van der Waals surface area contributed by atoms with Gasteiger partial charge in [-0.2, -0.15) is 4.31 Å². The zero-order valence-electron chi connectivity index (χ0n) is 13.9. The number of morpholine rings is 1. The molecule has 1 aromatic carbocycles. The van der Waals surface area contributed by atoms with E-state index in [0.717, 1.165) is 10.0 Å². The Morgan fingerprint density at radius 2 is 1.83 bits per heavy atom. The number of sulfonamides is 1. The molecule has 1 saturated heterocycles. The average Bonchev–Trinajstić information content (AvgIpc) is 2.48. The molecule has 134 valence electrons. The molecular formula is C16H23BrN2O4S. The van der Waals surface area contributed by atoms with Crippen molar-refractivity contribution in [3.63, 3.8) is 0 Å². The normalized spacial score (nSPS) is 22.3. The first-order chi connectivity index (χ1) is 11.3. The zero-order valence-corrected chi connectivity index (χ0v) is 16.3. The molecular weight excluding hydrogens is 396 g/mol. The minimum atomic E-state index is -3.39. The Morgan fingerprint density at radius 1 is 1.25 bits per heavy atom. The van der Waals surface area contributed by atoms with Crippen LogP contribution < -0.4 is 5.32 Å². The van der Waals surface area contributed by atoms with Gasteiger partial charge in [-0.25, -0.2) is 8.42 Å². The summed E-state index contributed by atoms with van der Waals surface area (Å²) in [6.45, 7) is 4.55. The van der Waals surface area contributed by atoms with Crippen molar-refractivity contribution in [2.24, 2.45) is 0 Å². The van der Waals surface area contributed by atoms with E-state index in [2.05, 4.69) is 21.2 Å². The predicted octanol–water partition coefficient (Wildman–Crippen LogP) is 1.55. The minimum absolute atomic E-state index is 0.0987. The molecule has 8 heteroatoms. The molecule has 2 atom stereocenters. The maximum Gasteiger partial charge on any atom is 0.224 e. The number of hydrogen-bond donors (Lipinski definition) is 1. The molecule has 1 N–H and O–H groups in total. The zero-order chi connectivity index (χ0) is 17.7. The molecule has 24 heavy (non-hydrogen) atoms. The van der Waals surface area contributed by atoms with Crippen molar-refractivity contribution in [2.75, 3.05) is 25.4 Å². The van der Waals surface area contributed by atoms with Crippen molar-refractivity contribution in [2.45, 2.75) is 32.5 Å².